The molecule has 130 valence electrons. The van der Waals surface area contributed by atoms with Gasteiger partial charge in [0.15, 0.2) is 0 Å². The van der Waals surface area contributed by atoms with Crippen molar-refractivity contribution < 1.29 is 18.7 Å². The molecule has 0 aliphatic carbocycles. The second kappa shape index (κ2) is 6.23. The molecule has 0 aromatic carbocycles. The number of carbonyl (C=O) groups is 2. The molecule has 2 aromatic heterocycles. The maximum atomic E-state index is 12.5. The van der Waals surface area contributed by atoms with Crippen LogP contribution in [0, 0.1) is 11.3 Å². The summed E-state index contributed by atoms with van der Waals surface area (Å²) in [5.74, 6) is 0.449. The lowest BCUT2D eigenvalue weighted by Gasteiger charge is -2.27. The minimum Gasteiger partial charge on any atom is -0.477 e. The number of carbonyl (C=O) groups excluding carboxylic acids is 2. The van der Waals surface area contributed by atoms with E-state index in [2.05, 4.69) is 10.3 Å². The van der Waals surface area contributed by atoms with Gasteiger partial charge in [-0.25, -0.2) is 4.98 Å². The molecule has 0 bridgehead atoms. The SMILES string of the molecule is O=C(c1ccoc1)N1CC[C@]2(C1)C(=O)NC[C@H]2COc1ccccn1. The number of hydrogen-bond acceptors (Lipinski definition) is 5. The van der Waals surface area contributed by atoms with Crippen molar-refractivity contribution in [3.05, 3.63) is 48.6 Å². The fraction of sp³-hybridized carbons (Fsp3) is 0.389. The largest absolute Gasteiger partial charge is 0.477 e. The molecule has 0 unspecified atom stereocenters. The van der Waals surface area contributed by atoms with Crippen LogP contribution in [0.15, 0.2) is 47.4 Å². The van der Waals surface area contributed by atoms with Gasteiger partial charge in [-0.3, -0.25) is 9.59 Å². The molecular weight excluding hydrogens is 322 g/mol. The average Bonchev–Trinajstić information content (AvgIpc) is 3.37. The molecule has 25 heavy (non-hydrogen) atoms. The van der Waals surface area contributed by atoms with E-state index in [-0.39, 0.29) is 17.7 Å². The molecule has 2 fully saturated rings. The Bertz CT molecular complexity index is 762. The molecule has 0 radical (unpaired) electrons. The Morgan fingerprint density at radius 3 is 3.12 bits per heavy atom. The summed E-state index contributed by atoms with van der Waals surface area (Å²) in [6.07, 6.45) is 5.22. The van der Waals surface area contributed by atoms with E-state index in [0.29, 0.717) is 44.1 Å². The molecule has 2 saturated heterocycles. The van der Waals surface area contributed by atoms with Gasteiger partial charge < -0.3 is 19.4 Å². The van der Waals surface area contributed by atoms with E-state index in [9.17, 15) is 9.59 Å². The average molecular weight is 341 g/mol. The highest BCUT2D eigenvalue weighted by molar-refractivity contribution is 5.95. The number of nitrogens with one attached hydrogen (secondary N) is 1. The first-order chi connectivity index (χ1) is 12.2. The molecule has 2 atom stereocenters. The summed E-state index contributed by atoms with van der Waals surface area (Å²) < 4.78 is 10.8. The fourth-order valence-corrected chi connectivity index (χ4v) is 3.70. The zero-order valence-electron chi connectivity index (χ0n) is 13.7. The van der Waals surface area contributed by atoms with Gasteiger partial charge in [-0.1, -0.05) is 6.07 Å². The maximum Gasteiger partial charge on any atom is 0.257 e. The van der Waals surface area contributed by atoms with Gasteiger partial charge in [0.1, 0.15) is 6.26 Å². The highest BCUT2D eigenvalue weighted by Gasteiger charge is 2.55. The Balaban J connectivity index is 1.47. The van der Waals surface area contributed by atoms with Crippen molar-refractivity contribution in [2.75, 3.05) is 26.2 Å². The van der Waals surface area contributed by atoms with E-state index in [4.69, 9.17) is 9.15 Å². The van der Waals surface area contributed by atoms with Gasteiger partial charge in [-0.15, -0.1) is 0 Å². The summed E-state index contributed by atoms with van der Waals surface area (Å²) >= 11 is 0. The quantitative estimate of drug-likeness (QED) is 0.907. The molecule has 4 heterocycles. The topological polar surface area (TPSA) is 84.7 Å². The standard InChI is InChI=1S/C18H19N3O4/c22-16(13-4-8-24-10-13)21-7-5-18(12-21)14(9-20-17(18)23)11-25-15-3-1-2-6-19-15/h1-4,6,8,10,14H,5,7,9,11-12H2,(H,20,23)/t14-,18+/m0/s1. The Labute approximate surface area is 145 Å². The van der Waals surface area contributed by atoms with Crippen LogP contribution in [0.25, 0.3) is 0 Å². The van der Waals surface area contributed by atoms with Crippen molar-refractivity contribution in [2.24, 2.45) is 11.3 Å². The Hall–Kier alpha value is -2.83. The molecule has 2 aromatic rings. The third-order valence-corrected chi connectivity index (χ3v) is 5.17. The van der Waals surface area contributed by atoms with E-state index in [0.717, 1.165) is 0 Å². The van der Waals surface area contributed by atoms with Crippen LogP contribution in [-0.4, -0.2) is 47.9 Å². The van der Waals surface area contributed by atoms with Gasteiger partial charge in [0, 0.05) is 37.8 Å². The van der Waals surface area contributed by atoms with Gasteiger partial charge in [0.25, 0.3) is 5.91 Å². The lowest BCUT2D eigenvalue weighted by atomic mass is 9.77. The molecule has 7 nitrogen and oxygen atoms in total. The normalized spacial score (nSPS) is 25.4. The van der Waals surface area contributed by atoms with Crippen LogP contribution in [0.4, 0.5) is 0 Å². The second-order valence-electron chi connectivity index (χ2n) is 6.53. The molecule has 2 amide bonds. The summed E-state index contributed by atoms with van der Waals surface area (Å²) in [5.41, 5.74) is -0.0782. The zero-order chi connectivity index (χ0) is 17.3. The summed E-state index contributed by atoms with van der Waals surface area (Å²) in [5, 5.41) is 2.94. The van der Waals surface area contributed by atoms with Crippen LogP contribution < -0.4 is 10.1 Å². The van der Waals surface area contributed by atoms with Crippen molar-refractivity contribution in [1.29, 1.82) is 0 Å². The number of likely N-dealkylation sites (tertiary alicyclic amines) is 1. The van der Waals surface area contributed by atoms with Gasteiger partial charge in [0.2, 0.25) is 11.8 Å². The lowest BCUT2D eigenvalue weighted by Crippen LogP contribution is -2.41. The van der Waals surface area contributed by atoms with Crippen LogP contribution in [0.2, 0.25) is 0 Å². The van der Waals surface area contributed by atoms with Gasteiger partial charge in [-0.2, -0.15) is 0 Å². The fourth-order valence-electron chi connectivity index (χ4n) is 3.70. The van der Waals surface area contributed by atoms with Crippen molar-refractivity contribution in [1.82, 2.24) is 15.2 Å². The lowest BCUT2D eigenvalue weighted by molar-refractivity contribution is -0.128. The van der Waals surface area contributed by atoms with Crippen LogP contribution in [0.5, 0.6) is 5.88 Å². The van der Waals surface area contributed by atoms with Crippen molar-refractivity contribution in [3.8, 4) is 5.88 Å². The minimum absolute atomic E-state index is 0.00385. The molecule has 2 aliphatic rings. The molecule has 0 saturated carbocycles. The van der Waals surface area contributed by atoms with Crippen molar-refractivity contribution in [3.63, 3.8) is 0 Å². The smallest absolute Gasteiger partial charge is 0.257 e. The van der Waals surface area contributed by atoms with Crippen molar-refractivity contribution in [2.45, 2.75) is 6.42 Å². The number of hydrogen-bond donors (Lipinski definition) is 1. The first-order valence-electron chi connectivity index (χ1n) is 8.33. The highest BCUT2D eigenvalue weighted by Crippen LogP contribution is 2.42. The van der Waals surface area contributed by atoms with Crippen LogP contribution in [-0.2, 0) is 4.79 Å². The number of aromatic nitrogens is 1. The zero-order valence-corrected chi connectivity index (χ0v) is 13.7. The minimum atomic E-state index is -0.589. The van der Waals surface area contributed by atoms with E-state index in [1.165, 1.54) is 12.5 Å². The van der Waals surface area contributed by atoms with Gasteiger partial charge in [-0.05, 0) is 18.6 Å². The van der Waals surface area contributed by atoms with E-state index in [1.54, 1.807) is 23.2 Å². The number of furan rings is 1. The molecule has 2 aliphatic heterocycles. The molecule has 4 rings (SSSR count). The number of nitrogens with zero attached hydrogens (tertiary/aromatic N) is 2. The third-order valence-electron chi connectivity index (χ3n) is 5.17. The van der Waals surface area contributed by atoms with E-state index >= 15 is 0 Å². The summed E-state index contributed by atoms with van der Waals surface area (Å²) in [6.45, 7) is 1.90. The third kappa shape index (κ3) is 2.75. The Kier molecular flexibility index (Phi) is 3.91. The summed E-state index contributed by atoms with van der Waals surface area (Å²) in [6, 6.07) is 7.12. The Morgan fingerprint density at radius 1 is 1.44 bits per heavy atom. The number of amides is 2. The van der Waals surface area contributed by atoms with Crippen LogP contribution in [0.1, 0.15) is 16.8 Å². The molecule has 1 spiro atoms. The van der Waals surface area contributed by atoms with Gasteiger partial charge in [0.05, 0.1) is 23.8 Å². The predicted molar refractivity (Wildman–Crippen MR) is 87.9 cm³/mol. The predicted octanol–water partition coefficient (Wildman–Crippen LogP) is 1.33. The monoisotopic (exact) mass is 341 g/mol. The maximum absolute atomic E-state index is 12.5. The molecule has 7 heteroatoms. The summed E-state index contributed by atoms with van der Waals surface area (Å²) in [4.78, 5) is 30.9. The number of pyridine rings is 1. The molecule has 1 N–H and O–H groups in total. The van der Waals surface area contributed by atoms with Gasteiger partial charge >= 0.3 is 0 Å². The Morgan fingerprint density at radius 2 is 2.36 bits per heavy atom. The van der Waals surface area contributed by atoms with Crippen LogP contribution >= 0.6 is 0 Å². The van der Waals surface area contributed by atoms with E-state index in [1.807, 2.05) is 12.1 Å². The number of ether oxygens (including phenoxy) is 1. The van der Waals surface area contributed by atoms with E-state index < -0.39 is 5.41 Å². The van der Waals surface area contributed by atoms with Crippen LogP contribution in [0.3, 0.4) is 0 Å². The summed E-state index contributed by atoms with van der Waals surface area (Å²) in [7, 11) is 0. The first-order valence-corrected chi connectivity index (χ1v) is 8.33. The first kappa shape index (κ1) is 15.7. The highest BCUT2D eigenvalue weighted by atomic mass is 16.5. The molecular formula is C18H19N3O4. The second-order valence-corrected chi connectivity index (χ2v) is 6.53. The van der Waals surface area contributed by atoms with Crippen molar-refractivity contribution >= 4 is 11.8 Å². The number of rotatable bonds is 4.